The molecule has 0 radical (unpaired) electrons. The van der Waals surface area contributed by atoms with Crippen molar-refractivity contribution < 1.29 is 4.92 Å². The van der Waals surface area contributed by atoms with Crippen LogP contribution in [-0.2, 0) is 0 Å². The Morgan fingerprint density at radius 2 is 1.71 bits per heavy atom. The Hall–Kier alpha value is -3.54. The van der Waals surface area contributed by atoms with Crippen LogP contribution in [0.2, 0.25) is 0 Å². The highest BCUT2D eigenvalue weighted by molar-refractivity contribution is 6.03. The second-order valence-corrected chi connectivity index (χ2v) is 5.34. The van der Waals surface area contributed by atoms with Crippen LogP contribution in [0.4, 0.5) is 17.2 Å². The van der Waals surface area contributed by atoms with Crippen LogP contribution < -0.4 is 5.32 Å². The molecule has 1 N–H and O–H groups in total. The topological polar surface area (TPSA) is 81.0 Å². The van der Waals surface area contributed by atoms with E-state index < -0.39 is 4.92 Å². The van der Waals surface area contributed by atoms with Crippen LogP contribution in [0.3, 0.4) is 0 Å². The molecule has 0 bridgehead atoms. The van der Waals surface area contributed by atoms with Gasteiger partial charge in [0, 0.05) is 34.8 Å². The first-order valence-electron chi connectivity index (χ1n) is 7.37. The minimum Gasteiger partial charge on any atom is -0.340 e. The van der Waals surface area contributed by atoms with Crippen molar-refractivity contribution in [1.82, 2.24) is 9.97 Å². The molecule has 0 amide bonds. The van der Waals surface area contributed by atoms with Gasteiger partial charge in [0.2, 0.25) is 0 Å². The number of nitrogens with one attached hydrogen (secondary N) is 1. The predicted molar refractivity (Wildman–Crippen MR) is 93.4 cm³/mol. The quantitative estimate of drug-likeness (QED) is 0.343. The third-order valence-electron chi connectivity index (χ3n) is 3.76. The van der Waals surface area contributed by atoms with Gasteiger partial charge in [0.15, 0.2) is 0 Å². The van der Waals surface area contributed by atoms with Gasteiger partial charge in [-0.05, 0) is 24.3 Å². The number of nitro groups is 1. The van der Waals surface area contributed by atoms with Crippen LogP contribution in [0.5, 0.6) is 0 Å². The van der Waals surface area contributed by atoms with E-state index in [1.807, 2.05) is 36.4 Å². The molecule has 0 aliphatic heterocycles. The molecule has 2 heterocycles. The summed E-state index contributed by atoms with van der Waals surface area (Å²) in [6.07, 6.45) is 1.74. The number of pyridine rings is 2. The second-order valence-electron chi connectivity index (χ2n) is 5.34. The number of non-ortho nitro benzene ring substituents is 1. The molecule has 0 spiro atoms. The van der Waals surface area contributed by atoms with Crippen LogP contribution in [0.25, 0.3) is 21.8 Å². The van der Waals surface area contributed by atoms with Gasteiger partial charge < -0.3 is 5.32 Å². The van der Waals surface area contributed by atoms with Gasteiger partial charge in [-0.3, -0.25) is 15.1 Å². The molecule has 24 heavy (non-hydrogen) atoms. The van der Waals surface area contributed by atoms with E-state index in [4.69, 9.17) is 0 Å². The molecule has 2 aromatic carbocycles. The predicted octanol–water partition coefficient (Wildman–Crippen LogP) is 4.43. The van der Waals surface area contributed by atoms with E-state index in [0.29, 0.717) is 11.5 Å². The van der Waals surface area contributed by atoms with Crippen molar-refractivity contribution in [1.29, 1.82) is 0 Å². The van der Waals surface area contributed by atoms with Gasteiger partial charge in [0.1, 0.15) is 5.82 Å². The van der Waals surface area contributed by atoms with Gasteiger partial charge in [0.05, 0.1) is 16.0 Å². The zero-order valence-corrected chi connectivity index (χ0v) is 12.5. The van der Waals surface area contributed by atoms with Crippen LogP contribution in [0.15, 0.2) is 66.9 Å². The van der Waals surface area contributed by atoms with Gasteiger partial charge in [-0.15, -0.1) is 0 Å². The largest absolute Gasteiger partial charge is 0.340 e. The second kappa shape index (κ2) is 5.58. The highest BCUT2D eigenvalue weighted by Gasteiger charge is 2.08. The summed E-state index contributed by atoms with van der Waals surface area (Å²) in [5.41, 5.74) is 2.28. The molecular formula is C18H12N4O2. The monoisotopic (exact) mass is 316 g/mol. The molecule has 4 rings (SSSR count). The molecule has 0 saturated heterocycles. The summed E-state index contributed by atoms with van der Waals surface area (Å²) in [5.74, 6) is 0.612. The van der Waals surface area contributed by atoms with Gasteiger partial charge >= 0.3 is 0 Å². The maximum absolute atomic E-state index is 10.9. The number of fused-ring (bicyclic) bond motifs is 3. The van der Waals surface area contributed by atoms with Crippen LogP contribution in [0, 0.1) is 10.1 Å². The number of nitro benzene ring substituents is 1. The maximum atomic E-state index is 10.9. The highest BCUT2D eigenvalue weighted by Crippen LogP contribution is 2.25. The highest BCUT2D eigenvalue weighted by atomic mass is 16.6. The number of hydrogen-bond acceptors (Lipinski definition) is 5. The summed E-state index contributed by atoms with van der Waals surface area (Å²) in [4.78, 5) is 19.5. The molecule has 6 nitrogen and oxygen atoms in total. The lowest BCUT2D eigenvalue weighted by Gasteiger charge is -2.08. The van der Waals surface area contributed by atoms with E-state index in [1.54, 1.807) is 18.3 Å². The average Bonchev–Trinajstić information content (AvgIpc) is 2.62. The number of benzene rings is 2. The lowest BCUT2D eigenvalue weighted by atomic mass is 10.1. The molecule has 0 aliphatic carbocycles. The van der Waals surface area contributed by atoms with Gasteiger partial charge in [0.25, 0.3) is 5.69 Å². The Bertz CT molecular complexity index is 1080. The molecule has 4 aromatic rings. The van der Waals surface area contributed by atoms with Crippen molar-refractivity contribution >= 4 is 39.0 Å². The number of anilines is 2. The summed E-state index contributed by atoms with van der Waals surface area (Å²) >= 11 is 0. The fourth-order valence-electron chi connectivity index (χ4n) is 2.64. The standard InChI is InChI=1S/C18H12N4O2/c23-22(24)15-5-1-4-14(11-15)20-16-9-8-13-7-6-12-3-2-10-19-17(12)18(13)21-16/h1-11H,(H,20,21). The minimum absolute atomic E-state index is 0.0351. The molecule has 0 unspecified atom stereocenters. The number of rotatable bonds is 3. The third-order valence-corrected chi connectivity index (χ3v) is 3.76. The van der Waals surface area contributed by atoms with Crippen molar-refractivity contribution in [3.8, 4) is 0 Å². The van der Waals surface area contributed by atoms with Crippen molar-refractivity contribution in [2.75, 3.05) is 5.32 Å². The van der Waals surface area contributed by atoms with E-state index in [1.165, 1.54) is 12.1 Å². The summed E-state index contributed by atoms with van der Waals surface area (Å²) in [7, 11) is 0. The zero-order chi connectivity index (χ0) is 16.5. The maximum Gasteiger partial charge on any atom is 0.271 e. The third kappa shape index (κ3) is 2.50. The molecule has 0 atom stereocenters. The first-order chi connectivity index (χ1) is 11.7. The number of aromatic nitrogens is 2. The van der Waals surface area contributed by atoms with Crippen LogP contribution in [-0.4, -0.2) is 14.9 Å². The summed E-state index contributed by atoms with van der Waals surface area (Å²) < 4.78 is 0. The van der Waals surface area contributed by atoms with E-state index >= 15 is 0 Å². The Morgan fingerprint density at radius 3 is 2.54 bits per heavy atom. The van der Waals surface area contributed by atoms with Crippen LogP contribution >= 0.6 is 0 Å². The summed E-state index contributed by atoms with van der Waals surface area (Å²) in [6.45, 7) is 0. The fourth-order valence-corrected chi connectivity index (χ4v) is 2.64. The fraction of sp³-hybridized carbons (Fsp3) is 0. The van der Waals surface area contributed by atoms with Crippen LogP contribution in [0.1, 0.15) is 0 Å². The smallest absolute Gasteiger partial charge is 0.271 e. The van der Waals surface area contributed by atoms with E-state index in [2.05, 4.69) is 15.3 Å². The molecule has 0 fully saturated rings. The van der Waals surface area contributed by atoms with Crippen molar-refractivity contribution in [3.63, 3.8) is 0 Å². The first kappa shape index (κ1) is 14.1. The molecule has 0 aliphatic rings. The molecule has 0 saturated carbocycles. The average molecular weight is 316 g/mol. The molecular weight excluding hydrogens is 304 g/mol. The van der Waals surface area contributed by atoms with Gasteiger partial charge in [-0.1, -0.05) is 24.3 Å². The summed E-state index contributed by atoms with van der Waals surface area (Å²) in [6, 6.07) is 18.0. The number of hydrogen-bond donors (Lipinski definition) is 1. The zero-order valence-electron chi connectivity index (χ0n) is 12.5. The van der Waals surface area contributed by atoms with E-state index in [9.17, 15) is 10.1 Å². The van der Waals surface area contributed by atoms with E-state index in [-0.39, 0.29) is 5.69 Å². The molecule has 6 heteroatoms. The lowest BCUT2D eigenvalue weighted by molar-refractivity contribution is -0.384. The van der Waals surface area contributed by atoms with Gasteiger partial charge in [-0.2, -0.15) is 0 Å². The summed E-state index contributed by atoms with van der Waals surface area (Å²) in [5, 5.41) is 16.0. The number of nitrogens with zero attached hydrogens (tertiary/aromatic N) is 3. The Morgan fingerprint density at radius 1 is 0.917 bits per heavy atom. The van der Waals surface area contributed by atoms with Gasteiger partial charge in [-0.25, -0.2) is 4.98 Å². The van der Waals surface area contributed by atoms with Crippen molar-refractivity contribution in [2.45, 2.75) is 0 Å². The molecule has 116 valence electrons. The SMILES string of the molecule is O=[N+]([O-])c1cccc(Nc2ccc3ccc4cccnc4c3n2)c1. The Labute approximate surface area is 136 Å². The van der Waals surface area contributed by atoms with Crippen molar-refractivity contribution in [2.24, 2.45) is 0 Å². The van der Waals surface area contributed by atoms with E-state index in [0.717, 1.165) is 21.8 Å². The van der Waals surface area contributed by atoms with Crippen molar-refractivity contribution in [3.05, 3.63) is 77.0 Å². The minimum atomic E-state index is -0.420. The Kier molecular flexibility index (Phi) is 3.28. The normalized spacial score (nSPS) is 10.8. The lowest BCUT2D eigenvalue weighted by Crippen LogP contribution is -1.96. The Balaban J connectivity index is 1.79. The molecule has 2 aromatic heterocycles. The first-order valence-corrected chi connectivity index (χ1v) is 7.37.